The Labute approximate surface area is 133 Å². The minimum Gasteiger partial charge on any atom is -0.478 e. The lowest BCUT2D eigenvalue weighted by atomic mass is 10.1. The average Bonchev–Trinajstić information content (AvgIpc) is 2.98. The summed E-state index contributed by atoms with van der Waals surface area (Å²) in [5.41, 5.74) is 1.23. The number of amides is 1. The van der Waals surface area contributed by atoms with E-state index in [0.29, 0.717) is 12.8 Å². The molecule has 2 aromatic rings. The number of carbonyl (C=O) groups is 2. The summed E-state index contributed by atoms with van der Waals surface area (Å²) in [6.45, 7) is 2.00. The normalized spacial score (nSPS) is 11.9. The third-order valence-electron chi connectivity index (χ3n) is 3.34. The summed E-state index contributed by atoms with van der Waals surface area (Å²) < 4.78 is 0. The van der Waals surface area contributed by atoms with Crippen LogP contribution in [0.5, 0.6) is 0 Å². The lowest BCUT2D eigenvalue weighted by Gasteiger charge is -2.13. The number of rotatable bonds is 7. The van der Waals surface area contributed by atoms with Gasteiger partial charge in [-0.2, -0.15) is 0 Å². The second-order valence-electron chi connectivity index (χ2n) is 5.25. The van der Waals surface area contributed by atoms with E-state index >= 15 is 0 Å². The SMILES string of the molecule is C[C@H](Cc1cccs1)NC(=O)CCc1ccc(C(=O)O)cc1. The van der Waals surface area contributed by atoms with Gasteiger partial charge in [0.25, 0.3) is 0 Å². The van der Waals surface area contributed by atoms with E-state index in [1.807, 2.05) is 18.4 Å². The number of benzene rings is 1. The van der Waals surface area contributed by atoms with Gasteiger partial charge in [0.05, 0.1) is 5.56 Å². The lowest BCUT2D eigenvalue weighted by molar-refractivity contribution is -0.121. The molecule has 4 nitrogen and oxygen atoms in total. The topological polar surface area (TPSA) is 66.4 Å². The smallest absolute Gasteiger partial charge is 0.335 e. The van der Waals surface area contributed by atoms with E-state index in [2.05, 4.69) is 11.4 Å². The summed E-state index contributed by atoms with van der Waals surface area (Å²) in [5, 5.41) is 13.9. The number of thiophene rings is 1. The molecule has 1 amide bonds. The number of aromatic carboxylic acids is 1. The van der Waals surface area contributed by atoms with Crippen LogP contribution in [0.2, 0.25) is 0 Å². The molecule has 0 bridgehead atoms. The fourth-order valence-electron chi connectivity index (χ4n) is 2.20. The molecule has 0 saturated carbocycles. The third-order valence-corrected chi connectivity index (χ3v) is 4.24. The molecular formula is C17H19NO3S. The van der Waals surface area contributed by atoms with Crippen molar-refractivity contribution in [3.63, 3.8) is 0 Å². The molecule has 1 aromatic carbocycles. The number of aryl methyl sites for hydroxylation is 1. The maximum absolute atomic E-state index is 11.9. The van der Waals surface area contributed by atoms with Crippen LogP contribution in [0.25, 0.3) is 0 Å². The number of carboxylic acid groups (broad SMARTS) is 1. The Hall–Kier alpha value is -2.14. The molecule has 0 unspecified atom stereocenters. The van der Waals surface area contributed by atoms with Gasteiger partial charge < -0.3 is 10.4 Å². The maximum Gasteiger partial charge on any atom is 0.335 e. The Morgan fingerprint density at radius 2 is 1.95 bits per heavy atom. The van der Waals surface area contributed by atoms with E-state index in [4.69, 9.17) is 5.11 Å². The predicted octanol–water partition coefficient (Wildman–Crippen LogP) is 3.13. The van der Waals surface area contributed by atoms with Crippen molar-refractivity contribution in [2.24, 2.45) is 0 Å². The van der Waals surface area contributed by atoms with E-state index in [1.165, 1.54) is 4.88 Å². The van der Waals surface area contributed by atoms with Crippen LogP contribution >= 0.6 is 11.3 Å². The Morgan fingerprint density at radius 3 is 2.55 bits per heavy atom. The van der Waals surface area contributed by atoms with E-state index in [-0.39, 0.29) is 17.5 Å². The summed E-state index contributed by atoms with van der Waals surface area (Å²) >= 11 is 1.69. The number of nitrogens with one attached hydrogen (secondary N) is 1. The monoisotopic (exact) mass is 317 g/mol. The molecule has 1 aromatic heterocycles. The Morgan fingerprint density at radius 1 is 1.23 bits per heavy atom. The van der Waals surface area contributed by atoms with Crippen LogP contribution in [0.1, 0.15) is 34.1 Å². The van der Waals surface area contributed by atoms with Crippen molar-refractivity contribution in [2.45, 2.75) is 32.2 Å². The predicted molar refractivity (Wildman–Crippen MR) is 87.4 cm³/mol. The highest BCUT2D eigenvalue weighted by molar-refractivity contribution is 7.09. The van der Waals surface area contributed by atoms with Crippen LogP contribution < -0.4 is 5.32 Å². The quantitative estimate of drug-likeness (QED) is 0.824. The summed E-state index contributed by atoms with van der Waals surface area (Å²) in [7, 11) is 0. The van der Waals surface area contributed by atoms with E-state index < -0.39 is 5.97 Å². The van der Waals surface area contributed by atoms with Gasteiger partial charge in [-0.1, -0.05) is 18.2 Å². The van der Waals surface area contributed by atoms with E-state index in [1.54, 1.807) is 35.6 Å². The fourth-order valence-corrected chi connectivity index (χ4v) is 3.04. The van der Waals surface area contributed by atoms with Gasteiger partial charge in [-0.05, 0) is 42.5 Å². The first kappa shape index (κ1) is 16.2. The summed E-state index contributed by atoms with van der Waals surface area (Å²) in [5.74, 6) is -0.918. The minimum atomic E-state index is -0.938. The molecule has 0 saturated heterocycles. The van der Waals surface area contributed by atoms with Crippen molar-refractivity contribution < 1.29 is 14.7 Å². The maximum atomic E-state index is 11.9. The fraction of sp³-hybridized carbons (Fsp3) is 0.294. The molecular weight excluding hydrogens is 298 g/mol. The molecule has 0 fully saturated rings. The standard InChI is InChI=1S/C17H19NO3S/c1-12(11-15-3-2-10-22-15)18-16(19)9-6-13-4-7-14(8-5-13)17(20)21/h2-5,7-8,10,12H,6,9,11H2,1H3,(H,18,19)(H,20,21)/t12-/m1/s1. The van der Waals surface area contributed by atoms with Gasteiger partial charge in [0.15, 0.2) is 0 Å². The largest absolute Gasteiger partial charge is 0.478 e. The Kier molecular flexibility index (Phi) is 5.72. The second kappa shape index (κ2) is 7.75. The van der Waals surface area contributed by atoms with Crippen molar-refractivity contribution in [1.82, 2.24) is 5.32 Å². The zero-order valence-electron chi connectivity index (χ0n) is 12.4. The number of carbonyl (C=O) groups excluding carboxylic acids is 1. The molecule has 2 rings (SSSR count). The highest BCUT2D eigenvalue weighted by atomic mass is 32.1. The first-order valence-electron chi connectivity index (χ1n) is 7.18. The van der Waals surface area contributed by atoms with Crippen molar-refractivity contribution in [3.8, 4) is 0 Å². The first-order chi connectivity index (χ1) is 10.5. The van der Waals surface area contributed by atoms with E-state index in [0.717, 1.165) is 12.0 Å². The first-order valence-corrected chi connectivity index (χ1v) is 8.06. The van der Waals surface area contributed by atoms with Gasteiger partial charge in [-0.3, -0.25) is 4.79 Å². The highest BCUT2D eigenvalue weighted by Gasteiger charge is 2.09. The Balaban J connectivity index is 1.76. The highest BCUT2D eigenvalue weighted by Crippen LogP contribution is 2.11. The number of hydrogen-bond acceptors (Lipinski definition) is 3. The van der Waals surface area contributed by atoms with Crippen LogP contribution in [-0.2, 0) is 17.6 Å². The average molecular weight is 317 g/mol. The summed E-state index contributed by atoms with van der Waals surface area (Å²) in [6, 6.07) is 10.8. The molecule has 0 radical (unpaired) electrons. The molecule has 1 atom stereocenters. The van der Waals surface area contributed by atoms with Gasteiger partial charge in [-0.25, -0.2) is 4.79 Å². The van der Waals surface area contributed by atoms with Crippen molar-refractivity contribution >= 4 is 23.2 Å². The molecule has 1 heterocycles. The third kappa shape index (κ3) is 5.00. The van der Waals surface area contributed by atoms with Gasteiger partial charge >= 0.3 is 5.97 Å². The Bertz CT molecular complexity index is 620. The molecule has 0 aliphatic carbocycles. The van der Waals surface area contributed by atoms with Crippen LogP contribution in [0.4, 0.5) is 0 Å². The van der Waals surface area contributed by atoms with Crippen LogP contribution in [0, 0.1) is 0 Å². The van der Waals surface area contributed by atoms with Gasteiger partial charge in [0.1, 0.15) is 0 Å². The van der Waals surface area contributed by atoms with Gasteiger partial charge in [0.2, 0.25) is 5.91 Å². The summed E-state index contributed by atoms with van der Waals surface area (Å²) in [6.07, 6.45) is 1.86. The number of carboxylic acids is 1. The summed E-state index contributed by atoms with van der Waals surface area (Å²) in [4.78, 5) is 24.0. The van der Waals surface area contributed by atoms with Crippen molar-refractivity contribution in [2.75, 3.05) is 0 Å². The molecule has 0 aliphatic rings. The van der Waals surface area contributed by atoms with Gasteiger partial charge in [0, 0.05) is 23.8 Å². The van der Waals surface area contributed by atoms with Crippen molar-refractivity contribution in [1.29, 1.82) is 0 Å². The van der Waals surface area contributed by atoms with Crippen LogP contribution in [0.3, 0.4) is 0 Å². The molecule has 116 valence electrons. The molecule has 0 aliphatic heterocycles. The minimum absolute atomic E-state index is 0.0198. The van der Waals surface area contributed by atoms with Gasteiger partial charge in [-0.15, -0.1) is 11.3 Å². The van der Waals surface area contributed by atoms with Crippen LogP contribution in [0.15, 0.2) is 41.8 Å². The molecule has 5 heteroatoms. The lowest BCUT2D eigenvalue weighted by Crippen LogP contribution is -2.34. The van der Waals surface area contributed by atoms with Crippen molar-refractivity contribution in [3.05, 3.63) is 57.8 Å². The second-order valence-corrected chi connectivity index (χ2v) is 6.29. The van der Waals surface area contributed by atoms with E-state index in [9.17, 15) is 9.59 Å². The zero-order chi connectivity index (χ0) is 15.9. The van der Waals surface area contributed by atoms with Crippen LogP contribution in [-0.4, -0.2) is 23.0 Å². The molecule has 22 heavy (non-hydrogen) atoms. The molecule has 0 spiro atoms. The number of hydrogen-bond donors (Lipinski definition) is 2. The zero-order valence-corrected chi connectivity index (χ0v) is 13.2. The molecule has 2 N–H and O–H groups in total.